The molecule has 0 aliphatic heterocycles. The van der Waals surface area contributed by atoms with Crippen LogP contribution in [0.15, 0.2) is 36.4 Å². The van der Waals surface area contributed by atoms with Crippen molar-refractivity contribution in [2.24, 2.45) is 0 Å². The molecule has 2 aromatic rings. The number of anilines is 1. The smallest absolute Gasteiger partial charge is 0.337 e. The van der Waals surface area contributed by atoms with Crippen LogP contribution in [0.5, 0.6) is 11.5 Å². The predicted octanol–water partition coefficient (Wildman–Crippen LogP) is 3.72. The van der Waals surface area contributed by atoms with E-state index in [9.17, 15) is 4.79 Å². The van der Waals surface area contributed by atoms with Crippen molar-refractivity contribution in [2.75, 3.05) is 5.73 Å². The number of aryl methyl sites for hydroxylation is 1. The van der Waals surface area contributed by atoms with Gasteiger partial charge in [-0.05, 0) is 42.8 Å². The summed E-state index contributed by atoms with van der Waals surface area (Å²) in [6.07, 6.45) is 0. The molecule has 0 spiro atoms. The number of halogens is 1. The van der Waals surface area contributed by atoms with Gasteiger partial charge in [0.05, 0.1) is 5.56 Å². The summed E-state index contributed by atoms with van der Waals surface area (Å²) in [5.41, 5.74) is 6.76. The number of nitrogen functional groups attached to an aromatic ring is 1. The number of carboxylic acid groups (broad SMARTS) is 1. The van der Waals surface area contributed by atoms with Gasteiger partial charge in [-0.2, -0.15) is 0 Å². The molecule has 0 aliphatic rings. The molecule has 0 heterocycles. The zero-order valence-electron chi connectivity index (χ0n) is 10.2. The van der Waals surface area contributed by atoms with Gasteiger partial charge in [0.25, 0.3) is 0 Å². The maximum Gasteiger partial charge on any atom is 0.337 e. The average Bonchev–Trinajstić information content (AvgIpc) is 2.33. The van der Waals surface area contributed by atoms with Crippen molar-refractivity contribution in [1.29, 1.82) is 0 Å². The van der Waals surface area contributed by atoms with Crippen LogP contribution in [0, 0.1) is 6.92 Å². The summed E-state index contributed by atoms with van der Waals surface area (Å²) in [5.74, 6) is 0.0278. The normalized spacial score (nSPS) is 10.2. The third kappa shape index (κ3) is 2.98. The number of rotatable bonds is 3. The molecular formula is C14H12ClNO3. The lowest BCUT2D eigenvalue weighted by Gasteiger charge is -2.09. The van der Waals surface area contributed by atoms with Crippen molar-refractivity contribution in [3.05, 3.63) is 52.5 Å². The van der Waals surface area contributed by atoms with Gasteiger partial charge >= 0.3 is 5.97 Å². The Kier molecular flexibility index (Phi) is 3.62. The van der Waals surface area contributed by atoms with Crippen molar-refractivity contribution >= 4 is 23.3 Å². The highest BCUT2D eigenvalue weighted by atomic mass is 35.5. The predicted molar refractivity (Wildman–Crippen MR) is 74.1 cm³/mol. The average molecular weight is 278 g/mol. The van der Waals surface area contributed by atoms with Gasteiger partial charge in [-0.3, -0.25) is 0 Å². The number of ether oxygens (including phenoxy) is 1. The van der Waals surface area contributed by atoms with Crippen LogP contribution in [-0.2, 0) is 0 Å². The third-order valence-corrected chi connectivity index (χ3v) is 3.04. The molecule has 3 N–H and O–H groups in total. The van der Waals surface area contributed by atoms with Gasteiger partial charge in [0, 0.05) is 16.8 Å². The Morgan fingerprint density at radius 1 is 1.21 bits per heavy atom. The van der Waals surface area contributed by atoms with Crippen LogP contribution in [0.2, 0.25) is 5.02 Å². The fraction of sp³-hybridized carbons (Fsp3) is 0.0714. The van der Waals surface area contributed by atoms with E-state index < -0.39 is 5.97 Å². The zero-order valence-corrected chi connectivity index (χ0v) is 10.9. The molecule has 0 radical (unpaired) electrons. The van der Waals surface area contributed by atoms with E-state index in [4.69, 9.17) is 27.2 Å². The summed E-state index contributed by atoms with van der Waals surface area (Å²) in [6.45, 7) is 1.87. The van der Waals surface area contributed by atoms with Crippen LogP contribution < -0.4 is 10.5 Å². The molecule has 0 aliphatic carbocycles. The summed E-state index contributed by atoms with van der Waals surface area (Å²) in [5, 5.41) is 9.54. The maximum absolute atomic E-state index is 10.8. The first-order chi connectivity index (χ1) is 8.97. The lowest BCUT2D eigenvalue weighted by atomic mass is 10.2. The molecular weight excluding hydrogens is 266 g/mol. The fourth-order valence-corrected chi connectivity index (χ4v) is 1.73. The molecule has 0 amide bonds. The van der Waals surface area contributed by atoms with Gasteiger partial charge in [0.2, 0.25) is 0 Å². The second-order valence-electron chi connectivity index (χ2n) is 4.07. The molecule has 19 heavy (non-hydrogen) atoms. The van der Waals surface area contributed by atoms with Crippen LogP contribution in [0.1, 0.15) is 15.9 Å². The summed E-state index contributed by atoms with van der Waals surface area (Å²) < 4.78 is 5.60. The first kappa shape index (κ1) is 13.2. The largest absolute Gasteiger partial charge is 0.478 e. The summed E-state index contributed by atoms with van der Waals surface area (Å²) in [6, 6.07) is 9.72. The summed E-state index contributed by atoms with van der Waals surface area (Å²) in [7, 11) is 0. The van der Waals surface area contributed by atoms with Crippen LogP contribution in [0.25, 0.3) is 0 Å². The highest BCUT2D eigenvalue weighted by Crippen LogP contribution is 2.28. The second kappa shape index (κ2) is 5.20. The standard InChI is InChI=1S/C14H12ClNO3/c1-8-6-9(3-5-12(8)15)19-10-2-4-11(14(17)18)13(16)7-10/h2-7H,16H2,1H3,(H,17,18). The molecule has 0 saturated carbocycles. The van der Waals surface area contributed by atoms with Gasteiger partial charge in [0.15, 0.2) is 0 Å². The molecule has 98 valence electrons. The number of aromatic carboxylic acids is 1. The van der Waals surface area contributed by atoms with E-state index >= 15 is 0 Å². The van der Waals surface area contributed by atoms with Crippen molar-refractivity contribution in [3.8, 4) is 11.5 Å². The Labute approximate surface area is 115 Å². The topological polar surface area (TPSA) is 72.5 Å². The molecule has 0 aromatic heterocycles. The maximum atomic E-state index is 10.8. The van der Waals surface area contributed by atoms with E-state index in [-0.39, 0.29) is 11.3 Å². The number of hydrogen-bond acceptors (Lipinski definition) is 3. The number of hydrogen-bond donors (Lipinski definition) is 2. The Bertz CT molecular complexity index is 641. The molecule has 2 rings (SSSR count). The minimum atomic E-state index is -1.06. The minimum absolute atomic E-state index is 0.0552. The zero-order chi connectivity index (χ0) is 14.0. The van der Waals surface area contributed by atoms with E-state index in [2.05, 4.69) is 0 Å². The van der Waals surface area contributed by atoms with Crippen molar-refractivity contribution in [1.82, 2.24) is 0 Å². The molecule has 2 aromatic carbocycles. The van der Waals surface area contributed by atoms with Crippen LogP contribution >= 0.6 is 11.6 Å². The fourth-order valence-electron chi connectivity index (χ4n) is 1.62. The molecule has 5 heteroatoms. The molecule has 0 fully saturated rings. The van der Waals surface area contributed by atoms with Gasteiger partial charge < -0.3 is 15.6 Å². The van der Waals surface area contributed by atoms with Crippen LogP contribution in [0.3, 0.4) is 0 Å². The van der Waals surface area contributed by atoms with Crippen molar-refractivity contribution in [2.45, 2.75) is 6.92 Å². The number of carboxylic acids is 1. The quantitative estimate of drug-likeness (QED) is 0.839. The van der Waals surface area contributed by atoms with Crippen molar-refractivity contribution < 1.29 is 14.6 Å². The number of nitrogens with two attached hydrogens (primary N) is 1. The summed E-state index contributed by atoms with van der Waals surface area (Å²) in [4.78, 5) is 10.8. The van der Waals surface area contributed by atoms with E-state index in [1.54, 1.807) is 24.3 Å². The Hall–Kier alpha value is -2.20. The van der Waals surface area contributed by atoms with Crippen molar-refractivity contribution in [3.63, 3.8) is 0 Å². The molecule has 0 unspecified atom stereocenters. The van der Waals surface area contributed by atoms with Gasteiger partial charge in [-0.15, -0.1) is 0 Å². The van der Waals surface area contributed by atoms with Gasteiger partial charge in [-0.25, -0.2) is 4.79 Å². The number of benzene rings is 2. The third-order valence-electron chi connectivity index (χ3n) is 2.62. The van der Waals surface area contributed by atoms with E-state index in [0.29, 0.717) is 16.5 Å². The number of carbonyl (C=O) groups is 1. The van der Waals surface area contributed by atoms with E-state index in [1.807, 2.05) is 6.92 Å². The Morgan fingerprint density at radius 2 is 1.84 bits per heavy atom. The molecule has 0 atom stereocenters. The molecule has 4 nitrogen and oxygen atoms in total. The Morgan fingerprint density at radius 3 is 2.42 bits per heavy atom. The second-order valence-corrected chi connectivity index (χ2v) is 4.47. The molecule has 0 bridgehead atoms. The van der Waals surface area contributed by atoms with Crippen LogP contribution in [0.4, 0.5) is 5.69 Å². The summed E-state index contributed by atoms with van der Waals surface area (Å²) >= 11 is 5.92. The first-order valence-corrected chi connectivity index (χ1v) is 5.92. The highest BCUT2D eigenvalue weighted by molar-refractivity contribution is 6.31. The highest BCUT2D eigenvalue weighted by Gasteiger charge is 2.09. The SMILES string of the molecule is Cc1cc(Oc2ccc(C(=O)O)c(N)c2)ccc1Cl. The lowest BCUT2D eigenvalue weighted by molar-refractivity contribution is 0.0698. The van der Waals surface area contributed by atoms with E-state index in [1.165, 1.54) is 12.1 Å². The monoisotopic (exact) mass is 277 g/mol. The van der Waals surface area contributed by atoms with Gasteiger partial charge in [0.1, 0.15) is 11.5 Å². The Balaban J connectivity index is 2.26. The lowest BCUT2D eigenvalue weighted by Crippen LogP contribution is -2.02. The van der Waals surface area contributed by atoms with Gasteiger partial charge in [-0.1, -0.05) is 11.6 Å². The molecule has 0 saturated heterocycles. The van der Waals surface area contributed by atoms with E-state index in [0.717, 1.165) is 5.56 Å². The first-order valence-electron chi connectivity index (χ1n) is 5.54. The minimum Gasteiger partial charge on any atom is -0.478 e. The van der Waals surface area contributed by atoms with Crippen LogP contribution in [-0.4, -0.2) is 11.1 Å².